The number of aliphatic imine (C=N–C) groups is 1. The van der Waals surface area contributed by atoms with Gasteiger partial charge in [-0.25, -0.2) is 4.99 Å². The number of nitrogens with zero attached hydrogens (tertiary/aromatic N) is 1. The van der Waals surface area contributed by atoms with E-state index in [0.717, 1.165) is 11.3 Å². The molecule has 1 unspecified atom stereocenters. The number of thioether (sulfide) groups is 1. The highest BCUT2D eigenvalue weighted by atomic mass is 32.2. The monoisotopic (exact) mass is 401 g/mol. The molecule has 0 amide bonds. The fraction of sp³-hybridized carbons (Fsp3) is 0.130. The number of allylic oxidation sites excluding steroid dienone is 3. The maximum atomic E-state index is 13.4. The molecule has 0 saturated carbocycles. The molecule has 0 N–H and O–H groups in total. The number of carbonyl (C=O) groups excluding carboxylic acids is 3. The van der Waals surface area contributed by atoms with Gasteiger partial charge in [-0.15, -0.1) is 11.8 Å². The zero-order chi connectivity index (χ0) is 20.3. The quantitative estimate of drug-likeness (QED) is 0.445. The minimum atomic E-state index is -0.549. The number of ketones is 2. The molecule has 2 aliphatic carbocycles. The van der Waals surface area contributed by atoms with E-state index in [1.807, 2.05) is 19.1 Å². The smallest absolute Gasteiger partial charge is 0.308 e. The van der Waals surface area contributed by atoms with Crippen LogP contribution in [0.2, 0.25) is 0 Å². The Balaban J connectivity index is 1.80. The van der Waals surface area contributed by atoms with Gasteiger partial charge >= 0.3 is 5.97 Å². The molecule has 0 radical (unpaired) electrons. The second-order valence-electron chi connectivity index (χ2n) is 7.09. The Morgan fingerprint density at radius 1 is 1.07 bits per heavy atom. The Morgan fingerprint density at radius 3 is 2.45 bits per heavy atom. The first-order chi connectivity index (χ1) is 13.9. The largest absolute Gasteiger partial charge is 0.426 e. The predicted octanol–water partition coefficient (Wildman–Crippen LogP) is 4.45. The third-order valence-electron chi connectivity index (χ3n) is 5.07. The van der Waals surface area contributed by atoms with Crippen LogP contribution in [0, 0.1) is 0 Å². The Hall–Kier alpha value is -3.25. The zero-order valence-electron chi connectivity index (χ0n) is 15.7. The SMILES string of the molecule is CC(=O)Oc1cc2c(c3c1C(=O)c1ccccc1C3=O)N=C1C=CC(C)=CC1S2. The molecule has 29 heavy (non-hydrogen) atoms. The van der Waals surface area contributed by atoms with Crippen LogP contribution in [0.15, 0.2) is 64.0 Å². The van der Waals surface area contributed by atoms with E-state index < -0.39 is 5.97 Å². The molecule has 1 aliphatic heterocycles. The fourth-order valence-electron chi connectivity index (χ4n) is 3.81. The number of benzene rings is 2. The average molecular weight is 401 g/mol. The molecular formula is C23H15NO4S. The van der Waals surface area contributed by atoms with Crippen LogP contribution < -0.4 is 4.74 Å². The highest BCUT2D eigenvalue weighted by Crippen LogP contribution is 2.48. The first-order valence-electron chi connectivity index (χ1n) is 9.13. The summed E-state index contributed by atoms with van der Waals surface area (Å²) in [5.41, 5.74) is 3.39. The van der Waals surface area contributed by atoms with E-state index in [4.69, 9.17) is 9.73 Å². The van der Waals surface area contributed by atoms with Crippen molar-refractivity contribution in [2.45, 2.75) is 24.0 Å². The van der Waals surface area contributed by atoms with E-state index >= 15 is 0 Å². The molecule has 0 bridgehead atoms. The van der Waals surface area contributed by atoms with Crippen LogP contribution in [0.25, 0.3) is 0 Å². The molecule has 2 aromatic carbocycles. The molecule has 6 heteroatoms. The van der Waals surface area contributed by atoms with Crippen molar-refractivity contribution in [2.24, 2.45) is 4.99 Å². The molecule has 1 heterocycles. The van der Waals surface area contributed by atoms with Gasteiger partial charge in [0, 0.05) is 22.9 Å². The lowest BCUT2D eigenvalue weighted by atomic mass is 9.82. The van der Waals surface area contributed by atoms with Gasteiger partial charge in [0.15, 0.2) is 11.6 Å². The minimum absolute atomic E-state index is 0.0115. The van der Waals surface area contributed by atoms with Crippen molar-refractivity contribution in [3.05, 3.63) is 76.4 Å². The summed E-state index contributed by atoms with van der Waals surface area (Å²) in [5, 5.41) is 0.0115. The molecular weight excluding hydrogens is 386 g/mol. The maximum Gasteiger partial charge on any atom is 0.308 e. The number of carbonyl (C=O) groups is 3. The third kappa shape index (κ3) is 2.71. The summed E-state index contributed by atoms with van der Waals surface area (Å²) in [5.74, 6) is -1.06. The minimum Gasteiger partial charge on any atom is -0.426 e. The van der Waals surface area contributed by atoms with Gasteiger partial charge in [0.25, 0.3) is 0 Å². The second-order valence-corrected chi connectivity index (χ2v) is 8.27. The first-order valence-corrected chi connectivity index (χ1v) is 10.0. The van der Waals surface area contributed by atoms with Crippen LogP contribution in [0.3, 0.4) is 0 Å². The van der Waals surface area contributed by atoms with Gasteiger partial charge in [-0.1, -0.05) is 42.0 Å². The Bertz CT molecular complexity index is 1240. The van der Waals surface area contributed by atoms with Crippen molar-refractivity contribution >= 4 is 40.7 Å². The molecule has 0 fully saturated rings. The molecule has 142 valence electrons. The van der Waals surface area contributed by atoms with Crippen LogP contribution in [0.5, 0.6) is 5.75 Å². The highest BCUT2D eigenvalue weighted by molar-refractivity contribution is 8.01. The van der Waals surface area contributed by atoms with Crippen LogP contribution in [0.1, 0.15) is 45.7 Å². The standard InChI is InChI=1S/C23H15NO4S/c1-11-7-8-15-17(9-11)29-18-10-16(28-12(2)25)19-20(21(18)24-15)23(27)14-6-4-3-5-13(14)22(19)26/h3-10,17H,1-2H3. The van der Waals surface area contributed by atoms with E-state index in [0.29, 0.717) is 21.7 Å². The Morgan fingerprint density at radius 2 is 1.76 bits per heavy atom. The number of esters is 1. The number of hydrogen-bond acceptors (Lipinski definition) is 6. The van der Waals surface area contributed by atoms with Gasteiger partial charge in [-0.2, -0.15) is 0 Å². The van der Waals surface area contributed by atoms with Crippen molar-refractivity contribution < 1.29 is 19.1 Å². The summed E-state index contributed by atoms with van der Waals surface area (Å²) in [7, 11) is 0. The Labute approximate surface area is 171 Å². The third-order valence-corrected chi connectivity index (χ3v) is 6.27. The van der Waals surface area contributed by atoms with Crippen molar-refractivity contribution in [1.29, 1.82) is 0 Å². The fourth-order valence-corrected chi connectivity index (χ4v) is 5.05. The van der Waals surface area contributed by atoms with Gasteiger partial charge in [0.05, 0.1) is 27.8 Å². The molecule has 3 aliphatic rings. The van der Waals surface area contributed by atoms with Crippen molar-refractivity contribution in [3.8, 4) is 5.75 Å². The number of ether oxygens (including phenoxy) is 1. The molecule has 5 rings (SSSR count). The van der Waals surface area contributed by atoms with Gasteiger partial charge in [0.1, 0.15) is 5.75 Å². The summed E-state index contributed by atoms with van der Waals surface area (Å²) in [6.07, 6.45) is 6.01. The van der Waals surface area contributed by atoms with Crippen LogP contribution >= 0.6 is 11.8 Å². The van der Waals surface area contributed by atoms with Gasteiger partial charge < -0.3 is 4.74 Å². The molecule has 5 nitrogen and oxygen atoms in total. The zero-order valence-corrected chi connectivity index (χ0v) is 16.5. The van der Waals surface area contributed by atoms with E-state index in [1.165, 1.54) is 18.7 Å². The normalized spacial score (nSPS) is 18.8. The van der Waals surface area contributed by atoms with Crippen molar-refractivity contribution in [2.75, 3.05) is 0 Å². The van der Waals surface area contributed by atoms with Crippen molar-refractivity contribution in [1.82, 2.24) is 0 Å². The highest BCUT2D eigenvalue weighted by Gasteiger charge is 2.38. The van der Waals surface area contributed by atoms with Crippen LogP contribution in [-0.4, -0.2) is 28.5 Å². The van der Waals surface area contributed by atoms with E-state index in [2.05, 4.69) is 6.08 Å². The van der Waals surface area contributed by atoms with E-state index in [-0.39, 0.29) is 33.7 Å². The summed E-state index contributed by atoms with van der Waals surface area (Å²) in [6, 6.07) is 8.35. The molecule has 0 spiro atoms. The maximum absolute atomic E-state index is 13.4. The molecule has 0 aromatic heterocycles. The lowest BCUT2D eigenvalue weighted by molar-refractivity contribution is -0.131. The lowest BCUT2D eigenvalue weighted by Gasteiger charge is -2.28. The first kappa shape index (κ1) is 17.8. The Kier molecular flexibility index (Phi) is 3.93. The van der Waals surface area contributed by atoms with Gasteiger partial charge in [0.2, 0.25) is 0 Å². The number of fused-ring (bicyclic) bond motifs is 5. The van der Waals surface area contributed by atoms with E-state index in [9.17, 15) is 14.4 Å². The van der Waals surface area contributed by atoms with Crippen LogP contribution in [0.4, 0.5) is 5.69 Å². The van der Waals surface area contributed by atoms with E-state index in [1.54, 1.807) is 30.3 Å². The lowest BCUT2D eigenvalue weighted by Crippen LogP contribution is -2.25. The van der Waals surface area contributed by atoms with Gasteiger partial charge in [-0.3, -0.25) is 14.4 Å². The molecule has 1 atom stereocenters. The summed E-state index contributed by atoms with van der Waals surface area (Å²) in [6.45, 7) is 3.29. The second kappa shape index (κ2) is 6.39. The average Bonchev–Trinajstić information content (AvgIpc) is 2.69. The number of rotatable bonds is 1. The predicted molar refractivity (Wildman–Crippen MR) is 111 cm³/mol. The van der Waals surface area contributed by atoms with Crippen molar-refractivity contribution in [3.63, 3.8) is 0 Å². The summed E-state index contributed by atoms with van der Waals surface area (Å²) in [4.78, 5) is 43.8. The summed E-state index contributed by atoms with van der Waals surface area (Å²) >= 11 is 1.53. The van der Waals surface area contributed by atoms with Gasteiger partial charge in [-0.05, 0) is 19.1 Å². The topological polar surface area (TPSA) is 72.8 Å². The molecule has 0 saturated heterocycles. The number of hydrogen-bond donors (Lipinski definition) is 0. The molecule has 2 aromatic rings. The van der Waals surface area contributed by atoms with Crippen LogP contribution in [-0.2, 0) is 4.79 Å². The summed E-state index contributed by atoms with van der Waals surface area (Å²) < 4.78 is 5.37.